The van der Waals surface area contributed by atoms with Crippen molar-refractivity contribution in [2.24, 2.45) is 5.73 Å². The van der Waals surface area contributed by atoms with Gasteiger partial charge in [-0.3, -0.25) is 0 Å². The van der Waals surface area contributed by atoms with Crippen LogP contribution in [0.1, 0.15) is 0 Å². The number of amides is 2. The molecule has 1 aromatic heterocycles. The van der Waals surface area contributed by atoms with E-state index < -0.39 is 6.03 Å². The summed E-state index contributed by atoms with van der Waals surface area (Å²) in [6.07, 6.45) is 1.58. The lowest BCUT2D eigenvalue weighted by Gasteiger charge is -2.02. The van der Waals surface area contributed by atoms with Crippen LogP contribution >= 0.6 is 0 Å². The molecule has 5 nitrogen and oxygen atoms in total. The highest BCUT2D eigenvalue weighted by Gasteiger charge is 1.96. The predicted molar refractivity (Wildman–Crippen MR) is 47.0 cm³/mol. The molecule has 0 aliphatic rings. The van der Waals surface area contributed by atoms with E-state index in [2.05, 4.69) is 15.6 Å². The molecular weight excluding hydrogens is 156 g/mol. The first-order valence-electron chi connectivity index (χ1n) is 3.42. The van der Waals surface area contributed by atoms with Gasteiger partial charge in [0.05, 0.1) is 0 Å². The van der Waals surface area contributed by atoms with E-state index >= 15 is 0 Å². The van der Waals surface area contributed by atoms with Gasteiger partial charge >= 0.3 is 6.03 Å². The van der Waals surface area contributed by atoms with Gasteiger partial charge in [-0.1, -0.05) is 0 Å². The molecule has 0 radical (unpaired) electrons. The van der Waals surface area contributed by atoms with E-state index in [1.807, 2.05) is 0 Å². The van der Waals surface area contributed by atoms with Crippen molar-refractivity contribution in [2.45, 2.75) is 0 Å². The van der Waals surface area contributed by atoms with E-state index in [1.165, 1.54) is 0 Å². The molecule has 0 aliphatic carbocycles. The Hall–Kier alpha value is -1.78. The second-order valence-electron chi connectivity index (χ2n) is 2.17. The molecule has 5 heteroatoms. The molecule has 0 bridgehead atoms. The van der Waals surface area contributed by atoms with Crippen molar-refractivity contribution < 1.29 is 4.79 Å². The Balaban J connectivity index is 2.79. The SMILES string of the molecule is CNc1cc(NC(N)=O)ccn1. The van der Waals surface area contributed by atoms with Gasteiger partial charge in [-0.25, -0.2) is 9.78 Å². The van der Waals surface area contributed by atoms with Crippen molar-refractivity contribution in [2.75, 3.05) is 17.7 Å². The number of hydrogen-bond donors (Lipinski definition) is 3. The Labute approximate surface area is 70.0 Å². The first kappa shape index (κ1) is 8.32. The zero-order chi connectivity index (χ0) is 8.97. The van der Waals surface area contributed by atoms with Gasteiger partial charge in [0.2, 0.25) is 0 Å². The van der Waals surface area contributed by atoms with Crippen molar-refractivity contribution in [3.63, 3.8) is 0 Å². The number of pyridine rings is 1. The van der Waals surface area contributed by atoms with Crippen LogP contribution in [0.4, 0.5) is 16.3 Å². The van der Waals surface area contributed by atoms with Crippen molar-refractivity contribution in [3.8, 4) is 0 Å². The Morgan fingerprint density at radius 1 is 1.67 bits per heavy atom. The van der Waals surface area contributed by atoms with Gasteiger partial charge < -0.3 is 16.4 Å². The summed E-state index contributed by atoms with van der Waals surface area (Å²) < 4.78 is 0. The summed E-state index contributed by atoms with van der Waals surface area (Å²) in [5, 5.41) is 5.28. The van der Waals surface area contributed by atoms with Gasteiger partial charge in [0.1, 0.15) is 5.82 Å². The number of aromatic nitrogens is 1. The number of nitrogens with one attached hydrogen (secondary N) is 2. The van der Waals surface area contributed by atoms with Crippen LogP contribution in [0, 0.1) is 0 Å². The lowest BCUT2D eigenvalue weighted by atomic mass is 10.4. The highest BCUT2D eigenvalue weighted by molar-refractivity contribution is 5.88. The van der Waals surface area contributed by atoms with Crippen molar-refractivity contribution in [1.29, 1.82) is 0 Å². The van der Waals surface area contributed by atoms with Gasteiger partial charge in [0.25, 0.3) is 0 Å². The van der Waals surface area contributed by atoms with E-state index in [9.17, 15) is 4.79 Å². The molecule has 12 heavy (non-hydrogen) atoms. The van der Waals surface area contributed by atoms with Crippen LogP contribution in [0.15, 0.2) is 18.3 Å². The summed E-state index contributed by atoms with van der Waals surface area (Å²) in [7, 11) is 1.75. The minimum atomic E-state index is -0.580. The average Bonchev–Trinajstić information content (AvgIpc) is 2.03. The van der Waals surface area contributed by atoms with Gasteiger partial charge in [0, 0.05) is 25.0 Å². The molecule has 0 fully saturated rings. The fourth-order valence-corrected chi connectivity index (χ4v) is 0.787. The number of rotatable bonds is 2. The molecule has 0 saturated carbocycles. The number of carbonyl (C=O) groups excluding carboxylic acids is 1. The molecule has 0 aromatic carbocycles. The highest BCUT2D eigenvalue weighted by atomic mass is 16.2. The van der Waals surface area contributed by atoms with Crippen LogP contribution in [-0.4, -0.2) is 18.1 Å². The third kappa shape index (κ3) is 2.12. The molecular formula is C7H10N4O. The molecule has 1 aromatic rings. The first-order chi connectivity index (χ1) is 5.72. The molecule has 4 N–H and O–H groups in total. The van der Waals surface area contributed by atoms with E-state index in [4.69, 9.17) is 5.73 Å². The molecule has 0 spiro atoms. The molecule has 0 atom stereocenters. The number of nitrogens with zero attached hydrogens (tertiary/aromatic N) is 1. The second kappa shape index (κ2) is 3.56. The first-order valence-corrected chi connectivity index (χ1v) is 3.42. The van der Waals surface area contributed by atoms with E-state index in [1.54, 1.807) is 25.4 Å². The van der Waals surface area contributed by atoms with E-state index in [-0.39, 0.29) is 0 Å². The fraction of sp³-hybridized carbons (Fsp3) is 0.143. The quantitative estimate of drug-likeness (QED) is 0.602. The Kier molecular flexibility index (Phi) is 2.47. The molecule has 1 heterocycles. The minimum Gasteiger partial charge on any atom is -0.373 e. The molecule has 64 valence electrons. The molecule has 2 amide bonds. The van der Waals surface area contributed by atoms with Crippen molar-refractivity contribution >= 4 is 17.5 Å². The minimum absolute atomic E-state index is 0.580. The zero-order valence-corrected chi connectivity index (χ0v) is 6.66. The van der Waals surface area contributed by atoms with Gasteiger partial charge in [-0.15, -0.1) is 0 Å². The average molecular weight is 166 g/mol. The van der Waals surface area contributed by atoms with E-state index in [0.29, 0.717) is 11.5 Å². The molecule has 0 saturated heterocycles. The summed E-state index contributed by atoms with van der Waals surface area (Å²) in [5.41, 5.74) is 5.55. The normalized spacial score (nSPS) is 9.08. The summed E-state index contributed by atoms with van der Waals surface area (Å²) >= 11 is 0. The maximum absolute atomic E-state index is 10.4. The lowest BCUT2D eigenvalue weighted by molar-refractivity contribution is 0.259. The summed E-state index contributed by atoms with van der Waals surface area (Å²) in [6, 6.07) is 2.76. The third-order valence-corrected chi connectivity index (χ3v) is 1.28. The van der Waals surface area contributed by atoms with Crippen LogP contribution in [0.2, 0.25) is 0 Å². The number of anilines is 2. The number of nitrogens with two attached hydrogens (primary N) is 1. The van der Waals surface area contributed by atoms with Crippen LogP contribution in [-0.2, 0) is 0 Å². The fourth-order valence-electron chi connectivity index (χ4n) is 0.787. The number of urea groups is 1. The Morgan fingerprint density at radius 2 is 2.42 bits per heavy atom. The molecule has 0 unspecified atom stereocenters. The molecule has 0 aliphatic heterocycles. The molecule has 1 rings (SSSR count). The van der Waals surface area contributed by atoms with Gasteiger partial charge in [0.15, 0.2) is 0 Å². The number of primary amides is 1. The standard InChI is InChI=1S/C7H10N4O/c1-9-6-4-5(2-3-10-6)11-7(8)12/h2-4H,1H3,(H4,8,9,10,11,12). The lowest BCUT2D eigenvalue weighted by Crippen LogP contribution is -2.19. The maximum Gasteiger partial charge on any atom is 0.316 e. The van der Waals surface area contributed by atoms with Gasteiger partial charge in [-0.2, -0.15) is 0 Å². The van der Waals surface area contributed by atoms with Crippen molar-refractivity contribution in [1.82, 2.24) is 4.98 Å². The topological polar surface area (TPSA) is 80.0 Å². The smallest absolute Gasteiger partial charge is 0.316 e. The maximum atomic E-state index is 10.4. The monoisotopic (exact) mass is 166 g/mol. The number of carbonyl (C=O) groups is 1. The van der Waals surface area contributed by atoms with Crippen LogP contribution < -0.4 is 16.4 Å². The highest BCUT2D eigenvalue weighted by Crippen LogP contribution is 2.10. The van der Waals surface area contributed by atoms with Crippen LogP contribution in [0.5, 0.6) is 0 Å². The largest absolute Gasteiger partial charge is 0.373 e. The van der Waals surface area contributed by atoms with Crippen molar-refractivity contribution in [3.05, 3.63) is 18.3 Å². The number of hydrogen-bond acceptors (Lipinski definition) is 3. The summed E-state index contributed by atoms with van der Waals surface area (Å²) in [5.74, 6) is 0.682. The van der Waals surface area contributed by atoms with Gasteiger partial charge in [-0.05, 0) is 6.07 Å². The zero-order valence-electron chi connectivity index (χ0n) is 6.66. The second-order valence-corrected chi connectivity index (χ2v) is 2.17. The Bertz CT molecular complexity index is 286. The van der Waals surface area contributed by atoms with Crippen LogP contribution in [0.25, 0.3) is 0 Å². The predicted octanol–water partition coefficient (Wildman–Crippen LogP) is 0.614. The summed E-state index contributed by atoms with van der Waals surface area (Å²) in [4.78, 5) is 14.4. The van der Waals surface area contributed by atoms with Crippen LogP contribution in [0.3, 0.4) is 0 Å². The van der Waals surface area contributed by atoms with E-state index in [0.717, 1.165) is 0 Å². The summed E-state index contributed by atoms with van der Waals surface area (Å²) in [6.45, 7) is 0. The third-order valence-electron chi connectivity index (χ3n) is 1.28. The Morgan fingerprint density at radius 3 is 3.00 bits per heavy atom.